The van der Waals surface area contributed by atoms with Crippen LogP contribution < -0.4 is 5.32 Å². The Morgan fingerprint density at radius 1 is 1.20 bits per heavy atom. The number of fused-ring (bicyclic) bond motifs is 1. The summed E-state index contributed by atoms with van der Waals surface area (Å²) in [5.74, 6) is 0.121. The van der Waals surface area contributed by atoms with E-state index < -0.39 is 0 Å². The highest BCUT2D eigenvalue weighted by Crippen LogP contribution is 2.30. The Labute approximate surface area is 207 Å². The summed E-state index contributed by atoms with van der Waals surface area (Å²) in [5, 5.41) is 8.59. The lowest BCUT2D eigenvalue weighted by Gasteiger charge is -2.31. The van der Waals surface area contributed by atoms with Gasteiger partial charge in [-0.15, -0.1) is 0 Å². The molecule has 1 N–H and O–H groups in total. The summed E-state index contributed by atoms with van der Waals surface area (Å²) in [6, 6.07) is 5.74. The molecule has 0 spiro atoms. The third-order valence-corrected chi connectivity index (χ3v) is 6.63. The van der Waals surface area contributed by atoms with E-state index in [1.165, 1.54) is 0 Å². The maximum atomic E-state index is 13.7. The zero-order valence-electron chi connectivity index (χ0n) is 21.6. The molecule has 186 valence electrons. The van der Waals surface area contributed by atoms with Crippen molar-refractivity contribution in [3.8, 4) is 0 Å². The summed E-state index contributed by atoms with van der Waals surface area (Å²) < 4.78 is 1.93. The number of nitrogens with one attached hydrogen (secondary N) is 1. The predicted molar refractivity (Wildman–Crippen MR) is 136 cm³/mol. The monoisotopic (exact) mass is 476 g/mol. The van der Waals surface area contributed by atoms with Crippen LogP contribution >= 0.6 is 0 Å². The number of hydrogen-bond acceptors (Lipinski definition) is 5. The molecule has 8 nitrogen and oxygen atoms in total. The van der Waals surface area contributed by atoms with Gasteiger partial charge in [-0.3, -0.25) is 14.6 Å². The standard InChI is InChI=1S/C27H36N6O2/c1-17(2)22-14-21(23-18(3)31-33(24(23)30-22)27(4,5)6)26(35)32-12-9-20(10-13-32)25(34)29-16-19-8-7-11-28-15-19/h7-8,11,14-15,17,20H,9-10,12-13,16H2,1-6H3,(H,29,34). The van der Waals surface area contributed by atoms with E-state index in [0.29, 0.717) is 38.0 Å². The molecule has 3 aromatic rings. The molecule has 1 aliphatic heterocycles. The lowest BCUT2D eigenvalue weighted by Crippen LogP contribution is -2.43. The molecule has 0 bridgehead atoms. The molecule has 1 saturated heterocycles. The summed E-state index contributed by atoms with van der Waals surface area (Å²) in [5.41, 5.74) is 3.83. The first-order chi connectivity index (χ1) is 16.6. The van der Waals surface area contributed by atoms with Crippen molar-refractivity contribution >= 4 is 22.8 Å². The van der Waals surface area contributed by atoms with E-state index in [1.54, 1.807) is 12.4 Å². The van der Waals surface area contributed by atoms with E-state index >= 15 is 0 Å². The molecule has 0 radical (unpaired) electrons. The zero-order chi connectivity index (χ0) is 25.3. The Morgan fingerprint density at radius 3 is 2.51 bits per heavy atom. The maximum Gasteiger partial charge on any atom is 0.254 e. The summed E-state index contributed by atoms with van der Waals surface area (Å²) >= 11 is 0. The van der Waals surface area contributed by atoms with Gasteiger partial charge in [-0.1, -0.05) is 19.9 Å². The molecule has 0 unspecified atom stereocenters. The lowest BCUT2D eigenvalue weighted by atomic mass is 9.94. The quantitative estimate of drug-likeness (QED) is 0.596. The van der Waals surface area contributed by atoms with Crippen LogP contribution in [0.15, 0.2) is 30.6 Å². The fourth-order valence-electron chi connectivity index (χ4n) is 4.59. The summed E-state index contributed by atoms with van der Waals surface area (Å²) in [7, 11) is 0. The molecular weight excluding hydrogens is 440 g/mol. The van der Waals surface area contributed by atoms with Crippen LogP contribution in [0.2, 0.25) is 0 Å². The normalized spacial score (nSPS) is 15.1. The van der Waals surface area contributed by atoms with Crippen LogP contribution in [-0.4, -0.2) is 49.6 Å². The fraction of sp³-hybridized carbons (Fsp3) is 0.519. The number of aryl methyl sites for hydroxylation is 1. The van der Waals surface area contributed by atoms with Crippen LogP contribution in [0, 0.1) is 12.8 Å². The number of nitrogens with zero attached hydrogens (tertiary/aromatic N) is 5. The van der Waals surface area contributed by atoms with Crippen molar-refractivity contribution in [3.63, 3.8) is 0 Å². The second-order valence-electron chi connectivity index (χ2n) is 10.8. The minimum Gasteiger partial charge on any atom is -0.352 e. The molecule has 35 heavy (non-hydrogen) atoms. The minimum atomic E-state index is -0.253. The van der Waals surface area contributed by atoms with Crippen LogP contribution in [0.5, 0.6) is 0 Å². The number of rotatable bonds is 5. The lowest BCUT2D eigenvalue weighted by molar-refractivity contribution is -0.126. The van der Waals surface area contributed by atoms with Gasteiger partial charge in [0.2, 0.25) is 5.91 Å². The van der Waals surface area contributed by atoms with Gasteiger partial charge in [-0.25, -0.2) is 9.67 Å². The van der Waals surface area contributed by atoms with E-state index in [-0.39, 0.29) is 29.2 Å². The van der Waals surface area contributed by atoms with Crippen LogP contribution in [0.4, 0.5) is 0 Å². The summed E-state index contributed by atoms with van der Waals surface area (Å²) in [6.45, 7) is 14.0. The Bertz CT molecular complexity index is 1220. The molecule has 4 rings (SSSR count). The van der Waals surface area contributed by atoms with Crippen LogP contribution in [0.1, 0.15) is 80.7 Å². The van der Waals surface area contributed by atoms with E-state index in [2.05, 4.69) is 44.9 Å². The molecule has 0 aromatic carbocycles. The Morgan fingerprint density at radius 2 is 1.91 bits per heavy atom. The molecule has 3 aromatic heterocycles. The SMILES string of the molecule is Cc1nn(C(C)(C)C)c2nc(C(C)C)cc(C(=O)N3CCC(C(=O)NCc4cccnc4)CC3)c12. The largest absolute Gasteiger partial charge is 0.352 e. The summed E-state index contributed by atoms with van der Waals surface area (Å²) in [4.78, 5) is 37.3. The van der Waals surface area contributed by atoms with E-state index in [1.807, 2.05) is 34.7 Å². The van der Waals surface area contributed by atoms with Crippen molar-refractivity contribution in [1.82, 2.24) is 30.0 Å². The van der Waals surface area contributed by atoms with Gasteiger partial charge in [-0.05, 0) is 64.2 Å². The Hall–Kier alpha value is -3.29. The highest BCUT2D eigenvalue weighted by molar-refractivity contribution is 6.06. The molecule has 0 aliphatic carbocycles. The Kier molecular flexibility index (Phi) is 6.92. The van der Waals surface area contributed by atoms with Gasteiger partial charge in [0.05, 0.1) is 22.2 Å². The first kappa shape index (κ1) is 24.8. The average molecular weight is 477 g/mol. The Balaban J connectivity index is 1.52. The molecule has 8 heteroatoms. The number of carbonyl (C=O) groups is 2. The molecule has 1 aliphatic rings. The number of aromatic nitrogens is 4. The predicted octanol–water partition coefficient (Wildman–Crippen LogP) is 4.18. The van der Waals surface area contributed by atoms with Crippen LogP contribution in [-0.2, 0) is 16.9 Å². The van der Waals surface area contributed by atoms with E-state index in [0.717, 1.165) is 28.0 Å². The molecule has 1 fully saturated rings. The second kappa shape index (κ2) is 9.76. The van der Waals surface area contributed by atoms with Gasteiger partial charge in [0, 0.05) is 43.6 Å². The molecule has 0 atom stereocenters. The number of hydrogen-bond donors (Lipinski definition) is 1. The third-order valence-electron chi connectivity index (χ3n) is 6.63. The number of piperidine rings is 1. The highest BCUT2D eigenvalue weighted by atomic mass is 16.2. The molecule has 2 amide bonds. The first-order valence-electron chi connectivity index (χ1n) is 12.4. The van der Waals surface area contributed by atoms with Gasteiger partial charge in [-0.2, -0.15) is 5.10 Å². The number of pyridine rings is 2. The number of amides is 2. The topological polar surface area (TPSA) is 93.0 Å². The maximum absolute atomic E-state index is 13.7. The van der Waals surface area contributed by atoms with Crippen molar-refractivity contribution in [1.29, 1.82) is 0 Å². The fourth-order valence-corrected chi connectivity index (χ4v) is 4.59. The second-order valence-corrected chi connectivity index (χ2v) is 10.8. The average Bonchev–Trinajstić information content (AvgIpc) is 3.19. The van der Waals surface area contributed by atoms with Crippen molar-refractivity contribution in [2.24, 2.45) is 5.92 Å². The summed E-state index contributed by atoms with van der Waals surface area (Å²) in [6.07, 6.45) is 4.77. The number of likely N-dealkylation sites (tertiary alicyclic amines) is 1. The van der Waals surface area contributed by atoms with E-state index in [4.69, 9.17) is 10.1 Å². The van der Waals surface area contributed by atoms with Gasteiger partial charge >= 0.3 is 0 Å². The highest BCUT2D eigenvalue weighted by Gasteiger charge is 2.31. The minimum absolute atomic E-state index is 0.00919. The molecular formula is C27H36N6O2. The van der Waals surface area contributed by atoms with Gasteiger partial charge < -0.3 is 10.2 Å². The van der Waals surface area contributed by atoms with Crippen molar-refractivity contribution in [3.05, 3.63) is 53.1 Å². The first-order valence-corrected chi connectivity index (χ1v) is 12.4. The van der Waals surface area contributed by atoms with Crippen molar-refractivity contribution < 1.29 is 9.59 Å². The zero-order valence-corrected chi connectivity index (χ0v) is 21.6. The molecule has 4 heterocycles. The van der Waals surface area contributed by atoms with Gasteiger partial charge in [0.25, 0.3) is 5.91 Å². The number of carbonyl (C=O) groups excluding carboxylic acids is 2. The van der Waals surface area contributed by atoms with Crippen LogP contribution in [0.3, 0.4) is 0 Å². The smallest absolute Gasteiger partial charge is 0.254 e. The van der Waals surface area contributed by atoms with Gasteiger partial charge in [0.1, 0.15) is 0 Å². The van der Waals surface area contributed by atoms with Gasteiger partial charge in [0.15, 0.2) is 5.65 Å². The molecule has 0 saturated carbocycles. The van der Waals surface area contributed by atoms with E-state index in [9.17, 15) is 9.59 Å². The van der Waals surface area contributed by atoms with Crippen molar-refractivity contribution in [2.75, 3.05) is 13.1 Å². The third kappa shape index (κ3) is 5.21. The van der Waals surface area contributed by atoms with Crippen LogP contribution in [0.25, 0.3) is 11.0 Å². The van der Waals surface area contributed by atoms with Crippen molar-refractivity contribution in [2.45, 2.75) is 72.4 Å².